The fraction of sp³-hybridized carbons (Fsp3) is 0.320. The maximum Gasteiger partial charge on any atom is 0.246 e. The number of ether oxygens (including phenoxy) is 1. The number of piperidine rings is 1. The number of hydrogen-bond acceptors (Lipinski definition) is 3. The summed E-state index contributed by atoms with van der Waals surface area (Å²) in [6.07, 6.45) is 6.90. The van der Waals surface area contributed by atoms with Crippen LogP contribution in [0.1, 0.15) is 38.7 Å². The average Bonchev–Trinajstić information content (AvgIpc) is 3.17. The van der Waals surface area contributed by atoms with Crippen molar-refractivity contribution < 1.29 is 13.9 Å². The Kier molecular flexibility index (Phi) is 6.28. The average molecular weight is 468 g/mol. The number of likely N-dealkylation sites (tertiary alicyclic amines) is 1. The highest BCUT2D eigenvalue weighted by Gasteiger charge is 2.18. The van der Waals surface area contributed by atoms with Crippen LogP contribution in [0.3, 0.4) is 0 Å². The van der Waals surface area contributed by atoms with E-state index in [1.807, 2.05) is 36.9 Å². The van der Waals surface area contributed by atoms with Gasteiger partial charge in [0.1, 0.15) is 11.3 Å². The Bertz CT molecular complexity index is 1080. The number of amides is 1. The van der Waals surface area contributed by atoms with Crippen LogP contribution in [-0.4, -0.2) is 30.5 Å². The molecule has 2 heterocycles. The van der Waals surface area contributed by atoms with E-state index in [2.05, 4.69) is 34.1 Å². The molecular weight excluding hydrogens is 442 g/mol. The number of allylic oxidation sites excluding steroid dienone is 1. The Morgan fingerprint density at radius 1 is 1.17 bits per heavy atom. The number of hydrogen-bond donors (Lipinski definition) is 0. The predicted molar refractivity (Wildman–Crippen MR) is 125 cm³/mol. The predicted octanol–water partition coefficient (Wildman–Crippen LogP) is 6.68. The lowest BCUT2D eigenvalue weighted by molar-refractivity contribution is -0.126. The molecule has 0 saturated carbocycles. The lowest BCUT2D eigenvalue weighted by Gasteiger charge is -2.25. The van der Waals surface area contributed by atoms with Gasteiger partial charge in [0.25, 0.3) is 0 Å². The van der Waals surface area contributed by atoms with Gasteiger partial charge in [0.2, 0.25) is 5.91 Å². The zero-order valence-corrected chi connectivity index (χ0v) is 19.0. The van der Waals surface area contributed by atoms with E-state index in [4.69, 9.17) is 9.15 Å². The summed E-state index contributed by atoms with van der Waals surface area (Å²) < 4.78 is 12.8. The Hall–Kier alpha value is -2.53. The first kappa shape index (κ1) is 20.7. The number of halogens is 1. The minimum atomic E-state index is 0.0788. The number of carbonyl (C=O) groups is 1. The zero-order chi connectivity index (χ0) is 21.1. The molecule has 1 aliphatic heterocycles. The fourth-order valence-electron chi connectivity index (χ4n) is 3.96. The van der Waals surface area contributed by atoms with Gasteiger partial charge in [-0.1, -0.05) is 28.1 Å². The second-order valence-electron chi connectivity index (χ2n) is 7.65. The Balaban J connectivity index is 1.75. The van der Waals surface area contributed by atoms with Gasteiger partial charge < -0.3 is 14.1 Å². The molecule has 5 heteroatoms. The van der Waals surface area contributed by atoms with Crippen molar-refractivity contribution >= 4 is 38.4 Å². The van der Waals surface area contributed by atoms with E-state index in [1.165, 1.54) is 6.42 Å². The van der Waals surface area contributed by atoms with Gasteiger partial charge in [0, 0.05) is 46.2 Å². The van der Waals surface area contributed by atoms with Crippen LogP contribution < -0.4 is 4.74 Å². The van der Waals surface area contributed by atoms with Crippen molar-refractivity contribution in [1.29, 1.82) is 0 Å². The smallest absolute Gasteiger partial charge is 0.246 e. The van der Waals surface area contributed by atoms with E-state index in [0.717, 1.165) is 69.4 Å². The van der Waals surface area contributed by atoms with Crippen molar-refractivity contribution in [3.63, 3.8) is 0 Å². The molecule has 0 bridgehead atoms. The van der Waals surface area contributed by atoms with Crippen molar-refractivity contribution in [2.45, 2.75) is 33.1 Å². The van der Waals surface area contributed by atoms with Gasteiger partial charge in [-0.25, -0.2) is 0 Å². The first-order chi connectivity index (χ1) is 14.6. The van der Waals surface area contributed by atoms with E-state index >= 15 is 0 Å². The van der Waals surface area contributed by atoms with Gasteiger partial charge in [0.15, 0.2) is 0 Å². The number of furan rings is 1. The van der Waals surface area contributed by atoms with Crippen molar-refractivity contribution in [1.82, 2.24) is 4.90 Å². The molecule has 1 amide bonds. The summed E-state index contributed by atoms with van der Waals surface area (Å²) in [5.74, 6) is 0.817. The maximum absolute atomic E-state index is 12.8. The molecule has 1 aliphatic rings. The number of nitrogens with zero attached hydrogens (tertiary/aromatic N) is 1. The monoisotopic (exact) mass is 467 g/mol. The summed E-state index contributed by atoms with van der Waals surface area (Å²) >= 11 is 3.49. The minimum Gasteiger partial charge on any atom is -0.493 e. The third-order valence-electron chi connectivity index (χ3n) is 5.56. The molecule has 30 heavy (non-hydrogen) atoms. The summed E-state index contributed by atoms with van der Waals surface area (Å²) in [4.78, 5) is 14.7. The summed E-state index contributed by atoms with van der Waals surface area (Å²) in [5.41, 5.74) is 4.71. The van der Waals surface area contributed by atoms with Crippen molar-refractivity contribution in [2.24, 2.45) is 0 Å². The van der Waals surface area contributed by atoms with Crippen molar-refractivity contribution in [3.8, 4) is 16.9 Å². The first-order valence-corrected chi connectivity index (χ1v) is 11.3. The second-order valence-corrected chi connectivity index (χ2v) is 8.56. The second kappa shape index (κ2) is 9.09. The molecule has 1 fully saturated rings. The lowest BCUT2D eigenvalue weighted by atomic mass is 9.99. The van der Waals surface area contributed by atoms with Gasteiger partial charge in [-0.15, -0.1) is 0 Å². The van der Waals surface area contributed by atoms with Gasteiger partial charge in [-0.05, 0) is 62.4 Å². The van der Waals surface area contributed by atoms with Crippen LogP contribution in [0.5, 0.6) is 5.75 Å². The molecule has 156 valence electrons. The number of carbonyl (C=O) groups excluding carboxylic acids is 1. The largest absolute Gasteiger partial charge is 0.493 e. The van der Waals surface area contributed by atoms with Gasteiger partial charge in [-0.2, -0.15) is 0 Å². The number of benzene rings is 2. The summed E-state index contributed by atoms with van der Waals surface area (Å²) in [7, 11) is 0. The van der Waals surface area contributed by atoms with Crippen LogP contribution in [0.25, 0.3) is 27.7 Å². The standard InChI is InChI=1S/C25H26BrNO3/c1-3-29-23-15-24-21(22(16-30-24)18-7-9-19(26)10-8-18)14-20(23)17(2)13-25(28)27-11-5-4-6-12-27/h7-10,13-16H,3-6,11-12H2,1-2H3/b17-13+. The highest BCUT2D eigenvalue weighted by molar-refractivity contribution is 9.10. The van der Waals surface area contributed by atoms with Gasteiger partial charge in [-0.3, -0.25) is 4.79 Å². The molecule has 0 radical (unpaired) electrons. The topological polar surface area (TPSA) is 42.7 Å². The van der Waals surface area contributed by atoms with Crippen LogP contribution in [0.4, 0.5) is 0 Å². The van der Waals surface area contributed by atoms with E-state index in [1.54, 1.807) is 12.3 Å². The van der Waals surface area contributed by atoms with Crippen LogP contribution in [-0.2, 0) is 4.79 Å². The normalized spacial score (nSPS) is 14.9. The molecule has 4 nitrogen and oxygen atoms in total. The third-order valence-corrected chi connectivity index (χ3v) is 6.09. The third kappa shape index (κ3) is 4.31. The quantitative estimate of drug-likeness (QED) is 0.393. The van der Waals surface area contributed by atoms with E-state index in [9.17, 15) is 4.79 Å². The summed E-state index contributed by atoms with van der Waals surface area (Å²) in [6.45, 7) is 6.17. The summed E-state index contributed by atoms with van der Waals surface area (Å²) in [5, 5.41) is 1.01. The Morgan fingerprint density at radius 3 is 2.60 bits per heavy atom. The van der Waals surface area contributed by atoms with E-state index < -0.39 is 0 Å². The van der Waals surface area contributed by atoms with Crippen molar-refractivity contribution in [2.75, 3.05) is 19.7 Å². The van der Waals surface area contributed by atoms with Gasteiger partial charge >= 0.3 is 0 Å². The molecule has 0 aliphatic carbocycles. The van der Waals surface area contributed by atoms with E-state index in [-0.39, 0.29) is 5.91 Å². The molecule has 0 unspecified atom stereocenters. The van der Waals surface area contributed by atoms with E-state index in [0.29, 0.717) is 6.61 Å². The van der Waals surface area contributed by atoms with Crippen LogP contribution in [0.15, 0.2) is 57.6 Å². The summed E-state index contributed by atoms with van der Waals surface area (Å²) in [6, 6.07) is 12.2. The van der Waals surface area contributed by atoms with Crippen LogP contribution >= 0.6 is 15.9 Å². The molecule has 0 atom stereocenters. The zero-order valence-electron chi connectivity index (χ0n) is 17.4. The highest BCUT2D eigenvalue weighted by atomic mass is 79.9. The molecule has 3 aromatic rings. The molecule has 1 aromatic heterocycles. The Morgan fingerprint density at radius 2 is 1.90 bits per heavy atom. The first-order valence-electron chi connectivity index (χ1n) is 10.5. The van der Waals surface area contributed by atoms with Gasteiger partial charge in [0.05, 0.1) is 12.9 Å². The molecule has 4 rings (SSSR count). The lowest BCUT2D eigenvalue weighted by Crippen LogP contribution is -2.34. The molecule has 1 saturated heterocycles. The molecule has 2 aromatic carbocycles. The van der Waals surface area contributed by atoms with Crippen LogP contribution in [0.2, 0.25) is 0 Å². The highest BCUT2D eigenvalue weighted by Crippen LogP contribution is 2.37. The fourth-order valence-corrected chi connectivity index (χ4v) is 4.22. The minimum absolute atomic E-state index is 0.0788. The maximum atomic E-state index is 12.8. The van der Waals surface area contributed by atoms with Crippen LogP contribution in [0, 0.1) is 0 Å². The number of fused-ring (bicyclic) bond motifs is 1. The molecular formula is C25H26BrNO3. The van der Waals surface area contributed by atoms with Crippen molar-refractivity contribution in [3.05, 3.63) is 58.8 Å². The molecule has 0 N–H and O–H groups in total. The Labute approximate surface area is 185 Å². The number of rotatable bonds is 5. The molecule has 0 spiro atoms. The SMILES string of the molecule is CCOc1cc2occ(-c3ccc(Br)cc3)c2cc1/C(C)=C/C(=O)N1CCCCC1.